The summed E-state index contributed by atoms with van der Waals surface area (Å²) in [5.74, 6) is 0.819. The van der Waals surface area contributed by atoms with Gasteiger partial charge in [0.05, 0.1) is 0 Å². The normalized spacial score (nSPS) is 18.6. The zero-order valence-electron chi connectivity index (χ0n) is 17.6. The van der Waals surface area contributed by atoms with Crippen LogP contribution in [0, 0.1) is 5.92 Å². The van der Waals surface area contributed by atoms with Crippen molar-refractivity contribution in [1.29, 1.82) is 0 Å². The van der Waals surface area contributed by atoms with Crippen molar-refractivity contribution in [2.24, 2.45) is 5.92 Å². The van der Waals surface area contributed by atoms with Crippen LogP contribution in [0.3, 0.4) is 0 Å². The lowest BCUT2D eigenvalue weighted by molar-refractivity contribution is -0.139. The monoisotopic (exact) mass is 408 g/mol. The second-order valence-corrected chi connectivity index (χ2v) is 8.25. The molecule has 0 aliphatic carbocycles. The maximum Gasteiger partial charge on any atom is 0.248 e. The van der Waals surface area contributed by atoms with Gasteiger partial charge < -0.3 is 14.4 Å². The van der Waals surface area contributed by atoms with E-state index in [-0.39, 0.29) is 18.6 Å². The molecule has 2 aliphatic rings. The molecule has 0 bridgehead atoms. The quantitative estimate of drug-likeness (QED) is 0.705. The Balaban J connectivity index is 1.29. The van der Waals surface area contributed by atoms with E-state index in [1.165, 1.54) is 0 Å². The summed E-state index contributed by atoms with van der Waals surface area (Å²) in [7, 11) is 0. The number of benzene rings is 2. The van der Waals surface area contributed by atoms with Crippen molar-refractivity contribution in [1.82, 2.24) is 9.80 Å². The van der Waals surface area contributed by atoms with Crippen molar-refractivity contribution in [3.8, 4) is 0 Å². The second-order valence-electron chi connectivity index (χ2n) is 8.25. The largest absolute Gasteiger partial charge is 0.381 e. The fraction of sp³-hybridized carbons (Fsp3) is 0.480. The van der Waals surface area contributed by atoms with Crippen molar-refractivity contribution in [3.63, 3.8) is 0 Å². The van der Waals surface area contributed by atoms with Crippen molar-refractivity contribution in [2.75, 3.05) is 52.5 Å². The third-order valence-electron chi connectivity index (χ3n) is 6.16. The molecule has 0 aromatic heterocycles. The van der Waals surface area contributed by atoms with E-state index < -0.39 is 0 Å². The van der Waals surface area contributed by atoms with Gasteiger partial charge in [-0.05, 0) is 29.9 Å². The first kappa shape index (κ1) is 21.0. The molecule has 5 nitrogen and oxygen atoms in total. The molecule has 4 rings (SSSR count). The molecule has 2 aromatic carbocycles. The third kappa shape index (κ3) is 5.69. The van der Waals surface area contributed by atoms with E-state index in [0.717, 1.165) is 75.8 Å². The number of hydrogen-bond donors (Lipinski definition) is 0. The van der Waals surface area contributed by atoms with Crippen LogP contribution < -0.4 is 0 Å². The molecule has 0 spiro atoms. The fourth-order valence-electron chi connectivity index (χ4n) is 4.36. The SMILES string of the molecule is O=C(COC(c1ccccc1)c1ccccc1)N1CCN(CC2CCOCC2)CC1. The minimum atomic E-state index is -0.230. The molecular weight excluding hydrogens is 376 g/mol. The van der Waals surface area contributed by atoms with Crippen LogP contribution in [-0.4, -0.2) is 68.3 Å². The lowest BCUT2D eigenvalue weighted by Crippen LogP contribution is -2.51. The van der Waals surface area contributed by atoms with Crippen molar-refractivity contribution >= 4 is 5.91 Å². The first-order chi connectivity index (χ1) is 14.8. The van der Waals surface area contributed by atoms with E-state index >= 15 is 0 Å². The Bertz CT molecular complexity index is 730. The molecule has 160 valence electrons. The molecule has 0 radical (unpaired) electrons. The van der Waals surface area contributed by atoms with Gasteiger partial charge in [-0.2, -0.15) is 0 Å². The zero-order chi connectivity index (χ0) is 20.6. The minimum Gasteiger partial charge on any atom is -0.381 e. The average Bonchev–Trinajstić information content (AvgIpc) is 2.82. The molecule has 30 heavy (non-hydrogen) atoms. The van der Waals surface area contributed by atoms with Crippen molar-refractivity contribution < 1.29 is 14.3 Å². The Hall–Kier alpha value is -2.21. The van der Waals surface area contributed by atoms with Crippen LogP contribution in [-0.2, 0) is 14.3 Å². The number of hydrogen-bond acceptors (Lipinski definition) is 4. The summed E-state index contributed by atoms with van der Waals surface area (Å²) >= 11 is 0. The average molecular weight is 409 g/mol. The number of ether oxygens (including phenoxy) is 2. The van der Waals surface area contributed by atoms with Gasteiger partial charge in [-0.15, -0.1) is 0 Å². The van der Waals surface area contributed by atoms with Crippen LogP contribution in [0.4, 0.5) is 0 Å². The highest BCUT2D eigenvalue weighted by Crippen LogP contribution is 2.26. The summed E-state index contributed by atoms with van der Waals surface area (Å²) < 4.78 is 11.6. The molecule has 1 amide bonds. The van der Waals surface area contributed by atoms with Gasteiger partial charge in [0, 0.05) is 45.9 Å². The maximum atomic E-state index is 12.8. The van der Waals surface area contributed by atoms with Gasteiger partial charge in [-0.25, -0.2) is 0 Å². The van der Waals surface area contributed by atoms with Gasteiger partial charge >= 0.3 is 0 Å². The highest BCUT2D eigenvalue weighted by Gasteiger charge is 2.25. The molecule has 2 fully saturated rings. The van der Waals surface area contributed by atoms with Crippen LogP contribution >= 0.6 is 0 Å². The summed E-state index contributed by atoms with van der Waals surface area (Å²) in [5.41, 5.74) is 2.13. The predicted octanol–water partition coefficient (Wildman–Crippen LogP) is 3.36. The van der Waals surface area contributed by atoms with Crippen molar-refractivity contribution in [2.45, 2.75) is 18.9 Å². The number of amides is 1. The van der Waals surface area contributed by atoms with Gasteiger partial charge in [0.2, 0.25) is 5.91 Å². The van der Waals surface area contributed by atoms with Crippen LogP contribution in [0.15, 0.2) is 60.7 Å². The lowest BCUT2D eigenvalue weighted by atomic mass is 9.99. The molecule has 2 saturated heterocycles. The first-order valence-electron chi connectivity index (χ1n) is 11.1. The van der Waals surface area contributed by atoms with Gasteiger partial charge in [-0.1, -0.05) is 60.7 Å². The Morgan fingerprint density at radius 1 is 0.900 bits per heavy atom. The Labute approximate surface area is 179 Å². The molecule has 2 heterocycles. The van der Waals surface area contributed by atoms with E-state index in [4.69, 9.17) is 9.47 Å². The van der Waals surface area contributed by atoms with Crippen LogP contribution in [0.5, 0.6) is 0 Å². The van der Waals surface area contributed by atoms with E-state index in [2.05, 4.69) is 29.2 Å². The Morgan fingerprint density at radius 3 is 2.03 bits per heavy atom. The van der Waals surface area contributed by atoms with Crippen LogP contribution in [0.2, 0.25) is 0 Å². The summed E-state index contributed by atoms with van der Waals surface area (Å²) in [5, 5.41) is 0. The van der Waals surface area contributed by atoms with Crippen LogP contribution in [0.25, 0.3) is 0 Å². The topological polar surface area (TPSA) is 42.0 Å². The molecule has 2 aromatic rings. The van der Waals surface area contributed by atoms with E-state index in [1.54, 1.807) is 0 Å². The van der Waals surface area contributed by atoms with Crippen LogP contribution in [0.1, 0.15) is 30.1 Å². The summed E-state index contributed by atoms with van der Waals surface area (Å²) in [6.07, 6.45) is 2.09. The van der Waals surface area contributed by atoms with E-state index in [9.17, 15) is 4.79 Å². The summed E-state index contributed by atoms with van der Waals surface area (Å²) in [6, 6.07) is 20.2. The molecule has 0 unspecified atom stereocenters. The zero-order valence-corrected chi connectivity index (χ0v) is 17.6. The minimum absolute atomic E-state index is 0.0811. The van der Waals surface area contributed by atoms with E-state index in [1.807, 2.05) is 41.3 Å². The third-order valence-corrected chi connectivity index (χ3v) is 6.16. The number of rotatable bonds is 7. The number of carbonyl (C=O) groups is 1. The standard InChI is InChI=1S/C25H32N2O3/c28-24(27-15-13-26(14-16-27)19-21-11-17-29-18-12-21)20-30-25(22-7-3-1-4-8-22)23-9-5-2-6-10-23/h1-10,21,25H,11-20H2. The molecule has 0 N–H and O–H groups in total. The summed E-state index contributed by atoms with van der Waals surface area (Å²) in [6.45, 7) is 6.49. The second kappa shape index (κ2) is 10.7. The smallest absolute Gasteiger partial charge is 0.248 e. The molecule has 2 aliphatic heterocycles. The fourth-order valence-corrected chi connectivity index (χ4v) is 4.36. The Kier molecular flexibility index (Phi) is 7.51. The van der Waals surface area contributed by atoms with Gasteiger partial charge in [-0.3, -0.25) is 9.69 Å². The summed E-state index contributed by atoms with van der Waals surface area (Å²) in [4.78, 5) is 17.3. The molecular formula is C25H32N2O3. The molecule has 5 heteroatoms. The van der Waals surface area contributed by atoms with Gasteiger partial charge in [0.25, 0.3) is 0 Å². The van der Waals surface area contributed by atoms with Gasteiger partial charge in [0.1, 0.15) is 12.7 Å². The number of nitrogens with zero attached hydrogens (tertiary/aromatic N) is 2. The lowest BCUT2D eigenvalue weighted by Gasteiger charge is -2.37. The number of carbonyl (C=O) groups excluding carboxylic acids is 1. The first-order valence-corrected chi connectivity index (χ1v) is 11.1. The molecule has 0 atom stereocenters. The highest BCUT2D eigenvalue weighted by molar-refractivity contribution is 5.77. The molecule has 0 saturated carbocycles. The number of piperazine rings is 1. The van der Waals surface area contributed by atoms with Gasteiger partial charge in [0.15, 0.2) is 0 Å². The Morgan fingerprint density at radius 2 is 1.47 bits per heavy atom. The predicted molar refractivity (Wildman–Crippen MR) is 117 cm³/mol. The highest BCUT2D eigenvalue weighted by atomic mass is 16.5. The van der Waals surface area contributed by atoms with Crippen molar-refractivity contribution in [3.05, 3.63) is 71.8 Å². The van der Waals surface area contributed by atoms with E-state index in [0.29, 0.717) is 0 Å². The maximum absolute atomic E-state index is 12.8.